The number of rotatable bonds is 11. The van der Waals surface area contributed by atoms with Gasteiger partial charge in [-0.25, -0.2) is 8.42 Å². The van der Waals surface area contributed by atoms with Crippen LogP contribution in [0.25, 0.3) is 0 Å². The molecular weight excluding hydrogens is 522 g/mol. The standard InChI is InChI=1S/C24H32BrN3O5S/c1-6-22(24(30)26-17(2)3)27(15-18-7-13-21(33-4)14-8-18)23(29)16-28(34(5,31)32)20-11-9-19(25)10-12-20/h7-14,17,22H,6,15-16H2,1-5H3,(H,26,30)/t22-/m0/s1. The Hall–Kier alpha value is -2.59. The number of nitrogens with zero attached hydrogens (tertiary/aromatic N) is 2. The fourth-order valence-corrected chi connectivity index (χ4v) is 4.56. The van der Waals surface area contributed by atoms with E-state index in [-0.39, 0.29) is 18.5 Å². The van der Waals surface area contributed by atoms with Crippen molar-refractivity contribution >= 4 is 43.5 Å². The fraction of sp³-hybridized carbons (Fsp3) is 0.417. The van der Waals surface area contributed by atoms with Gasteiger partial charge >= 0.3 is 0 Å². The van der Waals surface area contributed by atoms with Gasteiger partial charge in [0.1, 0.15) is 18.3 Å². The van der Waals surface area contributed by atoms with Gasteiger partial charge in [-0.2, -0.15) is 0 Å². The fourth-order valence-electron chi connectivity index (χ4n) is 3.45. The number of benzene rings is 2. The zero-order valence-electron chi connectivity index (χ0n) is 20.1. The molecule has 0 aliphatic carbocycles. The summed E-state index contributed by atoms with van der Waals surface area (Å²) in [6.07, 6.45) is 1.43. The molecule has 0 saturated heterocycles. The summed E-state index contributed by atoms with van der Waals surface area (Å²) in [5.74, 6) is -0.0893. The van der Waals surface area contributed by atoms with Crippen LogP contribution >= 0.6 is 15.9 Å². The second-order valence-corrected chi connectivity index (χ2v) is 11.0. The minimum absolute atomic E-state index is 0.102. The average molecular weight is 555 g/mol. The van der Waals surface area contributed by atoms with Crippen molar-refractivity contribution in [2.75, 3.05) is 24.2 Å². The molecule has 0 heterocycles. The molecule has 2 amide bonds. The smallest absolute Gasteiger partial charge is 0.244 e. The van der Waals surface area contributed by atoms with Crippen LogP contribution in [0.2, 0.25) is 0 Å². The van der Waals surface area contributed by atoms with Crippen molar-refractivity contribution < 1.29 is 22.7 Å². The molecular formula is C24H32BrN3O5S. The lowest BCUT2D eigenvalue weighted by atomic mass is 10.1. The molecule has 0 unspecified atom stereocenters. The molecule has 0 aliphatic heterocycles. The Balaban J connectivity index is 2.42. The number of halogens is 1. The number of carbonyl (C=O) groups is 2. The van der Waals surface area contributed by atoms with E-state index in [1.165, 1.54) is 4.90 Å². The minimum atomic E-state index is -3.76. The molecule has 8 nitrogen and oxygen atoms in total. The van der Waals surface area contributed by atoms with Crippen molar-refractivity contribution in [3.63, 3.8) is 0 Å². The topological polar surface area (TPSA) is 96.0 Å². The van der Waals surface area contributed by atoms with E-state index in [2.05, 4.69) is 21.2 Å². The van der Waals surface area contributed by atoms with Crippen molar-refractivity contribution in [3.05, 3.63) is 58.6 Å². The summed E-state index contributed by atoms with van der Waals surface area (Å²) in [4.78, 5) is 28.0. The molecule has 0 saturated carbocycles. The number of anilines is 1. The Morgan fingerprint density at radius 1 is 1.06 bits per heavy atom. The Bertz CT molecular complexity index is 1070. The van der Waals surface area contributed by atoms with Crippen LogP contribution in [0.3, 0.4) is 0 Å². The van der Waals surface area contributed by atoms with E-state index in [1.54, 1.807) is 43.5 Å². The first-order valence-corrected chi connectivity index (χ1v) is 13.6. The first kappa shape index (κ1) is 27.7. The lowest BCUT2D eigenvalue weighted by molar-refractivity contribution is -0.140. The summed E-state index contributed by atoms with van der Waals surface area (Å²) in [5.41, 5.74) is 1.16. The minimum Gasteiger partial charge on any atom is -0.497 e. The number of ether oxygens (including phenoxy) is 1. The van der Waals surface area contributed by atoms with Gasteiger partial charge in [-0.15, -0.1) is 0 Å². The van der Waals surface area contributed by atoms with E-state index in [4.69, 9.17) is 4.74 Å². The number of sulfonamides is 1. The highest BCUT2D eigenvalue weighted by molar-refractivity contribution is 9.10. The van der Waals surface area contributed by atoms with Crippen molar-refractivity contribution in [3.8, 4) is 5.75 Å². The van der Waals surface area contributed by atoms with Gasteiger partial charge in [0.15, 0.2) is 0 Å². The normalized spacial score (nSPS) is 12.2. The summed E-state index contributed by atoms with van der Waals surface area (Å²) < 4.78 is 32.2. The lowest BCUT2D eigenvalue weighted by Crippen LogP contribution is -2.53. The molecule has 34 heavy (non-hydrogen) atoms. The van der Waals surface area contributed by atoms with E-state index in [0.717, 1.165) is 20.6 Å². The number of amides is 2. The molecule has 0 aromatic heterocycles. The van der Waals surface area contributed by atoms with Crippen LogP contribution in [0.1, 0.15) is 32.8 Å². The van der Waals surface area contributed by atoms with Crippen molar-refractivity contribution in [1.29, 1.82) is 0 Å². The third-order valence-electron chi connectivity index (χ3n) is 5.12. The highest BCUT2D eigenvalue weighted by Crippen LogP contribution is 2.22. The van der Waals surface area contributed by atoms with Crippen LogP contribution in [-0.2, 0) is 26.2 Å². The largest absolute Gasteiger partial charge is 0.497 e. The van der Waals surface area contributed by atoms with Crippen molar-refractivity contribution in [1.82, 2.24) is 10.2 Å². The lowest BCUT2D eigenvalue weighted by Gasteiger charge is -2.33. The number of hydrogen-bond donors (Lipinski definition) is 1. The van der Waals surface area contributed by atoms with Crippen LogP contribution in [0.4, 0.5) is 5.69 Å². The molecule has 0 radical (unpaired) electrons. The van der Waals surface area contributed by atoms with E-state index >= 15 is 0 Å². The number of carbonyl (C=O) groups excluding carboxylic acids is 2. The SMILES string of the molecule is CC[C@@H](C(=O)NC(C)C)N(Cc1ccc(OC)cc1)C(=O)CN(c1ccc(Br)cc1)S(C)(=O)=O. The summed E-state index contributed by atoms with van der Waals surface area (Å²) in [6, 6.07) is 13.0. The summed E-state index contributed by atoms with van der Waals surface area (Å²) >= 11 is 3.33. The first-order valence-electron chi connectivity index (χ1n) is 10.9. The Morgan fingerprint density at radius 2 is 1.65 bits per heavy atom. The molecule has 1 N–H and O–H groups in total. The number of nitrogens with one attached hydrogen (secondary N) is 1. The predicted octanol–water partition coefficient (Wildman–Crippen LogP) is 3.56. The molecule has 0 bridgehead atoms. The maximum Gasteiger partial charge on any atom is 0.244 e. The first-order chi connectivity index (χ1) is 16.0. The van der Waals surface area contributed by atoms with Crippen LogP contribution < -0.4 is 14.4 Å². The van der Waals surface area contributed by atoms with Gasteiger partial charge in [0.2, 0.25) is 21.8 Å². The zero-order chi connectivity index (χ0) is 25.5. The van der Waals surface area contributed by atoms with E-state index in [1.807, 2.05) is 32.9 Å². The highest BCUT2D eigenvalue weighted by atomic mass is 79.9. The third-order valence-corrected chi connectivity index (χ3v) is 6.79. The van der Waals surface area contributed by atoms with Crippen molar-refractivity contribution in [2.45, 2.75) is 45.8 Å². The Labute approximate surface area is 210 Å². The molecule has 2 aromatic carbocycles. The van der Waals surface area contributed by atoms with Crippen LogP contribution in [0.5, 0.6) is 5.75 Å². The second-order valence-electron chi connectivity index (χ2n) is 8.20. The van der Waals surface area contributed by atoms with Gasteiger partial charge in [-0.3, -0.25) is 13.9 Å². The molecule has 0 spiro atoms. The van der Waals surface area contributed by atoms with Gasteiger partial charge in [-0.05, 0) is 62.2 Å². The zero-order valence-corrected chi connectivity index (χ0v) is 22.5. The summed E-state index contributed by atoms with van der Waals surface area (Å²) in [5, 5.41) is 2.86. The van der Waals surface area contributed by atoms with E-state index < -0.39 is 28.5 Å². The van der Waals surface area contributed by atoms with Crippen LogP contribution in [0.15, 0.2) is 53.0 Å². The maximum absolute atomic E-state index is 13.6. The van der Waals surface area contributed by atoms with Gasteiger partial charge in [0, 0.05) is 17.1 Å². The van der Waals surface area contributed by atoms with Crippen LogP contribution in [0, 0.1) is 0 Å². The average Bonchev–Trinajstić information content (AvgIpc) is 2.77. The maximum atomic E-state index is 13.6. The highest BCUT2D eigenvalue weighted by Gasteiger charge is 2.31. The van der Waals surface area contributed by atoms with Crippen molar-refractivity contribution in [2.24, 2.45) is 0 Å². The van der Waals surface area contributed by atoms with Gasteiger partial charge in [-0.1, -0.05) is 35.0 Å². The van der Waals surface area contributed by atoms with E-state index in [0.29, 0.717) is 17.9 Å². The van der Waals surface area contributed by atoms with Crippen LogP contribution in [-0.4, -0.2) is 57.1 Å². The molecule has 0 aliphatic rings. The van der Waals surface area contributed by atoms with Gasteiger partial charge < -0.3 is 15.0 Å². The summed E-state index contributed by atoms with van der Waals surface area (Å²) in [6.45, 7) is 5.23. The quantitative estimate of drug-likeness (QED) is 0.459. The monoisotopic (exact) mass is 553 g/mol. The molecule has 2 rings (SSSR count). The Morgan fingerprint density at radius 3 is 2.12 bits per heavy atom. The molecule has 0 fully saturated rings. The third kappa shape index (κ3) is 7.73. The number of methoxy groups -OCH3 is 1. The number of hydrogen-bond acceptors (Lipinski definition) is 5. The van der Waals surface area contributed by atoms with Gasteiger partial charge in [0.25, 0.3) is 0 Å². The Kier molecular flexibility index (Phi) is 9.93. The predicted molar refractivity (Wildman–Crippen MR) is 137 cm³/mol. The molecule has 186 valence electrons. The molecule has 1 atom stereocenters. The second kappa shape index (κ2) is 12.2. The molecule has 2 aromatic rings. The van der Waals surface area contributed by atoms with Gasteiger partial charge in [0.05, 0.1) is 19.1 Å². The molecule has 10 heteroatoms. The van der Waals surface area contributed by atoms with E-state index in [9.17, 15) is 18.0 Å². The summed E-state index contributed by atoms with van der Waals surface area (Å²) in [7, 11) is -2.19.